The van der Waals surface area contributed by atoms with Gasteiger partial charge in [-0.3, -0.25) is 4.90 Å². The highest BCUT2D eigenvalue weighted by molar-refractivity contribution is 5.23. The van der Waals surface area contributed by atoms with Gasteiger partial charge in [-0.05, 0) is 45.4 Å². The standard InChI is InChI=1S/C18H29FN2O2/c1-13-10-21(11-14(2)23-13)12-17(22)9-20-18(3,4)15-6-5-7-16(19)8-15/h5-8,13-14,17,20,22H,9-12H2,1-4H3. The van der Waals surface area contributed by atoms with E-state index in [1.165, 1.54) is 12.1 Å². The summed E-state index contributed by atoms with van der Waals surface area (Å²) in [5.41, 5.74) is 0.479. The van der Waals surface area contributed by atoms with E-state index in [1.807, 2.05) is 19.9 Å². The zero-order valence-electron chi connectivity index (χ0n) is 14.6. The van der Waals surface area contributed by atoms with Crippen molar-refractivity contribution in [2.24, 2.45) is 0 Å². The molecule has 3 unspecified atom stereocenters. The SMILES string of the molecule is CC1CN(CC(O)CNC(C)(C)c2cccc(F)c2)CC(C)O1. The average molecular weight is 324 g/mol. The third-order valence-electron chi connectivity index (χ3n) is 4.29. The van der Waals surface area contributed by atoms with Gasteiger partial charge in [0.1, 0.15) is 5.82 Å². The summed E-state index contributed by atoms with van der Waals surface area (Å²) in [6.07, 6.45) is -0.0781. The molecule has 0 aromatic heterocycles. The van der Waals surface area contributed by atoms with Crippen molar-refractivity contribution >= 4 is 0 Å². The van der Waals surface area contributed by atoms with Crippen LogP contribution in [0.15, 0.2) is 24.3 Å². The number of nitrogens with one attached hydrogen (secondary N) is 1. The highest BCUT2D eigenvalue weighted by Gasteiger charge is 2.25. The quantitative estimate of drug-likeness (QED) is 0.841. The molecule has 1 aromatic carbocycles. The monoisotopic (exact) mass is 324 g/mol. The van der Waals surface area contributed by atoms with Crippen LogP contribution >= 0.6 is 0 Å². The number of rotatable bonds is 6. The molecule has 0 bridgehead atoms. The molecule has 1 saturated heterocycles. The van der Waals surface area contributed by atoms with E-state index in [0.717, 1.165) is 18.7 Å². The van der Waals surface area contributed by atoms with Crippen LogP contribution in [0.25, 0.3) is 0 Å². The Morgan fingerprint density at radius 1 is 1.35 bits per heavy atom. The molecule has 130 valence electrons. The number of benzene rings is 1. The van der Waals surface area contributed by atoms with Gasteiger partial charge < -0.3 is 15.2 Å². The number of halogens is 1. The van der Waals surface area contributed by atoms with Crippen LogP contribution < -0.4 is 5.32 Å². The lowest BCUT2D eigenvalue weighted by atomic mass is 9.94. The molecule has 2 rings (SSSR count). The number of nitrogens with zero attached hydrogens (tertiary/aromatic N) is 1. The normalized spacial score (nSPS) is 24.6. The summed E-state index contributed by atoms with van der Waals surface area (Å²) in [6.45, 7) is 10.9. The number of ether oxygens (including phenoxy) is 1. The van der Waals surface area contributed by atoms with Gasteiger partial charge in [-0.1, -0.05) is 12.1 Å². The van der Waals surface area contributed by atoms with Crippen LogP contribution in [0.4, 0.5) is 4.39 Å². The fourth-order valence-corrected chi connectivity index (χ4v) is 3.15. The third kappa shape index (κ3) is 5.53. The molecule has 0 aliphatic carbocycles. The van der Waals surface area contributed by atoms with E-state index in [1.54, 1.807) is 6.07 Å². The first-order valence-corrected chi connectivity index (χ1v) is 8.33. The fourth-order valence-electron chi connectivity index (χ4n) is 3.15. The molecule has 0 spiro atoms. The van der Waals surface area contributed by atoms with Crippen molar-refractivity contribution in [1.82, 2.24) is 10.2 Å². The maximum atomic E-state index is 13.4. The number of morpholine rings is 1. The first kappa shape index (κ1) is 18.3. The summed E-state index contributed by atoms with van der Waals surface area (Å²) >= 11 is 0. The predicted octanol–water partition coefficient (Wildman–Crippen LogP) is 2.12. The molecule has 3 atom stereocenters. The minimum Gasteiger partial charge on any atom is -0.390 e. The van der Waals surface area contributed by atoms with Crippen molar-refractivity contribution in [2.75, 3.05) is 26.2 Å². The van der Waals surface area contributed by atoms with Crippen LogP contribution in [-0.2, 0) is 10.3 Å². The van der Waals surface area contributed by atoms with Crippen molar-refractivity contribution < 1.29 is 14.2 Å². The Bertz CT molecular complexity index is 500. The first-order chi connectivity index (χ1) is 10.8. The second-order valence-electron chi connectivity index (χ2n) is 7.15. The molecule has 1 aromatic rings. The summed E-state index contributed by atoms with van der Waals surface area (Å²) in [6, 6.07) is 6.58. The smallest absolute Gasteiger partial charge is 0.123 e. The molecule has 1 aliphatic rings. The van der Waals surface area contributed by atoms with E-state index in [2.05, 4.69) is 24.1 Å². The number of aliphatic hydroxyl groups excluding tert-OH is 1. The molecule has 0 amide bonds. The van der Waals surface area contributed by atoms with Gasteiger partial charge >= 0.3 is 0 Å². The van der Waals surface area contributed by atoms with Crippen molar-refractivity contribution in [3.8, 4) is 0 Å². The summed E-state index contributed by atoms with van der Waals surface area (Å²) in [5.74, 6) is -0.241. The number of hydrogen-bond acceptors (Lipinski definition) is 4. The van der Waals surface area contributed by atoms with Crippen molar-refractivity contribution in [3.63, 3.8) is 0 Å². The summed E-state index contributed by atoms with van der Waals surface area (Å²) in [7, 11) is 0. The van der Waals surface area contributed by atoms with Crippen LogP contribution in [-0.4, -0.2) is 54.5 Å². The second-order valence-corrected chi connectivity index (χ2v) is 7.15. The number of hydrogen-bond donors (Lipinski definition) is 2. The average Bonchev–Trinajstić information content (AvgIpc) is 2.44. The van der Waals surface area contributed by atoms with E-state index in [0.29, 0.717) is 13.1 Å². The molecule has 2 N–H and O–H groups in total. The first-order valence-electron chi connectivity index (χ1n) is 8.33. The molecule has 0 radical (unpaired) electrons. The van der Waals surface area contributed by atoms with E-state index in [9.17, 15) is 9.50 Å². The Kier molecular flexibility index (Phi) is 6.14. The van der Waals surface area contributed by atoms with Crippen molar-refractivity contribution in [3.05, 3.63) is 35.6 Å². The lowest BCUT2D eigenvalue weighted by Crippen LogP contribution is -2.50. The highest BCUT2D eigenvalue weighted by atomic mass is 19.1. The van der Waals surface area contributed by atoms with Gasteiger partial charge in [0.15, 0.2) is 0 Å². The molecule has 1 aliphatic heterocycles. The molecule has 1 fully saturated rings. The molecule has 1 heterocycles. The molecular formula is C18H29FN2O2. The predicted molar refractivity (Wildman–Crippen MR) is 89.9 cm³/mol. The van der Waals surface area contributed by atoms with Gasteiger partial charge in [0.05, 0.1) is 18.3 Å². The van der Waals surface area contributed by atoms with Crippen LogP contribution in [0.1, 0.15) is 33.3 Å². The Morgan fingerprint density at radius 3 is 2.61 bits per heavy atom. The fraction of sp³-hybridized carbons (Fsp3) is 0.667. The summed E-state index contributed by atoms with van der Waals surface area (Å²) in [5, 5.41) is 13.7. The maximum absolute atomic E-state index is 13.4. The lowest BCUT2D eigenvalue weighted by Gasteiger charge is -2.37. The largest absolute Gasteiger partial charge is 0.390 e. The third-order valence-corrected chi connectivity index (χ3v) is 4.29. The van der Waals surface area contributed by atoms with Crippen LogP contribution in [0, 0.1) is 5.82 Å². The highest BCUT2D eigenvalue weighted by Crippen LogP contribution is 2.20. The zero-order valence-corrected chi connectivity index (χ0v) is 14.6. The van der Waals surface area contributed by atoms with Gasteiger partial charge in [-0.2, -0.15) is 0 Å². The molecule has 4 nitrogen and oxygen atoms in total. The van der Waals surface area contributed by atoms with Gasteiger partial charge in [0.2, 0.25) is 0 Å². The number of aliphatic hydroxyl groups is 1. The van der Waals surface area contributed by atoms with Gasteiger partial charge in [0.25, 0.3) is 0 Å². The van der Waals surface area contributed by atoms with E-state index in [-0.39, 0.29) is 18.0 Å². The second kappa shape index (κ2) is 7.71. The van der Waals surface area contributed by atoms with Crippen LogP contribution in [0.5, 0.6) is 0 Å². The zero-order chi connectivity index (χ0) is 17.0. The van der Waals surface area contributed by atoms with Crippen molar-refractivity contribution in [2.45, 2.75) is 51.5 Å². The van der Waals surface area contributed by atoms with Crippen molar-refractivity contribution in [1.29, 1.82) is 0 Å². The molecule has 5 heteroatoms. The number of β-amino-alcohol motifs (C(OH)–C–C–N with tert-alkyl or cyclic N) is 1. The van der Waals surface area contributed by atoms with Crippen LogP contribution in [0.3, 0.4) is 0 Å². The van der Waals surface area contributed by atoms with E-state index in [4.69, 9.17) is 4.74 Å². The Morgan fingerprint density at radius 2 is 2.00 bits per heavy atom. The maximum Gasteiger partial charge on any atom is 0.123 e. The van der Waals surface area contributed by atoms with Crippen LogP contribution in [0.2, 0.25) is 0 Å². The van der Waals surface area contributed by atoms with E-state index < -0.39 is 11.6 Å². The molecular weight excluding hydrogens is 295 g/mol. The van der Waals surface area contributed by atoms with Gasteiger partial charge in [-0.25, -0.2) is 4.39 Å². The van der Waals surface area contributed by atoms with Gasteiger partial charge in [-0.15, -0.1) is 0 Å². The summed E-state index contributed by atoms with van der Waals surface area (Å²) in [4.78, 5) is 2.24. The Hall–Kier alpha value is -1.01. The lowest BCUT2D eigenvalue weighted by molar-refractivity contribution is -0.0764. The Labute approximate surface area is 138 Å². The Balaban J connectivity index is 1.84. The van der Waals surface area contributed by atoms with E-state index >= 15 is 0 Å². The minimum absolute atomic E-state index is 0.197. The summed E-state index contributed by atoms with van der Waals surface area (Å²) < 4.78 is 19.1. The minimum atomic E-state index is -0.472. The molecule has 23 heavy (non-hydrogen) atoms. The van der Waals surface area contributed by atoms with Gasteiger partial charge in [0, 0.05) is 31.7 Å². The molecule has 0 saturated carbocycles. The topological polar surface area (TPSA) is 44.7 Å².